The van der Waals surface area contributed by atoms with Crippen LogP contribution in [0.2, 0.25) is 0 Å². The highest BCUT2D eigenvalue weighted by Gasteiger charge is 2.24. The average Bonchev–Trinajstić information content (AvgIpc) is 2.76. The number of piperidine rings is 1. The molecular formula is C15H25N3O. The molecule has 0 bridgehead atoms. The lowest BCUT2D eigenvalue weighted by Gasteiger charge is -2.34. The van der Waals surface area contributed by atoms with Crippen molar-refractivity contribution < 1.29 is 4.79 Å². The molecule has 1 fully saturated rings. The van der Waals surface area contributed by atoms with Gasteiger partial charge in [0.15, 0.2) is 0 Å². The van der Waals surface area contributed by atoms with Crippen LogP contribution in [0.3, 0.4) is 0 Å². The molecule has 2 amide bonds. The molecule has 0 aliphatic carbocycles. The van der Waals surface area contributed by atoms with Crippen molar-refractivity contribution in [1.29, 1.82) is 0 Å². The summed E-state index contributed by atoms with van der Waals surface area (Å²) in [5, 5.41) is 2.95. The Morgan fingerprint density at radius 1 is 1.26 bits per heavy atom. The number of aromatic nitrogens is 1. The largest absolute Gasteiger partial charge is 0.346 e. The van der Waals surface area contributed by atoms with Gasteiger partial charge in [-0.05, 0) is 45.2 Å². The van der Waals surface area contributed by atoms with E-state index in [1.54, 1.807) is 0 Å². The number of hydrogen-bond acceptors (Lipinski definition) is 1. The summed E-state index contributed by atoms with van der Waals surface area (Å²) in [4.78, 5) is 13.8. The first kappa shape index (κ1) is 14.0. The van der Waals surface area contributed by atoms with Crippen molar-refractivity contribution in [3.05, 3.63) is 23.5 Å². The van der Waals surface area contributed by atoms with Crippen LogP contribution in [0.5, 0.6) is 0 Å². The molecule has 19 heavy (non-hydrogen) atoms. The van der Waals surface area contributed by atoms with Crippen LogP contribution in [-0.2, 0) is 0 Å². The van der Waals surface area contributed by atoms with Crippen LogP contribution in [0, 0.1) is 13.8 Å². The number of aryl methyl sites for hydroxylation is 2. The van der Waals surface area contributed by atoms with Gasteiger partial charge in [-0.1, -0.05) is 6.92 Å². The van der Waals surface area contributed by atoms with Crippen LogP contribution in [-0.4, -0.2) is 35.1 Å². The van der Waals surface area contributed by atoms with E-state index in [0.29, 0.717) is 6.04 Å². The van der Waals surface area contributed by atoms with Gasteiger partial charge >= 0.3 is 6.03 Å². The van der Waals surface area contributed by atoms with Gasteiger partial charge < -0.3 is 14.8 Å². The van der Waals surface area contributed by atoms with Gasteiger partial charge in [0, 0.05) is 37.1 Å². The zero-order chi connectivity index (χ0) is 13.8. The second-order valence-corrected chi connectivity index (χ2v) is 5.44. The highest BCUT2D eigenvalue weighted by atomic mass is 16.2. The fourth-order valence-corrected chi connectivity index (χ4v) is 2.93. The quantitative estimate of drug-likeness (QED) is 0.894. The number of nitrogens with one attached hydrogen (secondary N) is 1. The SMILES string of the molecule is CCCNC(=O)N1CCC(n2c(C)ccc2C)CC1. The highest BCUT2D eigenvalue weighted by Crippen LogP contribution is 2.26. The van der Waals surface area contributed by atoms with Gasteiger partial charge in [0.2, 0.25) is 0 Å². The Balaban J connectivity index is 1.91. The Labute approximate surface area is 115 Å². The molecule has 106 valence electrons. The van der Waals surface area contributed by atoms with Crippen molar-refractivity contribution in [2.24, 2.45) is 0 Å². The van der Waals surface area contributed by atoms with E-state index in [1.165, 1.54) is 11.4 Å². The lowest BCUT2D eigenvalue weighted by molar-refractivity contribution is 0.171. The van der Waals surface area contributed by atoms with Crippen LogP contribution in [0.1, 0.15) is 43.6 Å². The van der Waals surface area contributed by atoms with E-state index in [4.69, 9.17) is 0 Å². The van der Waals surface area contributed by atoms with Crippen molar-refractivity contribution in [2.75, 3.05) is 19.6 Å². The maximum Gasteiger partial charge on any atom is 0.317 e. The van der Waals surface area contributed by atoms with Crippen LogP contribution in [0.25, 0.3) is 0 Å². The monoisotopic (exact) mass is 263 g/mol. The zero-order valence-corrected chi connectivity index (χ0v) is 12.3. The first-order valence-corrected chi connectivity index (χ1v) is 7.30. The van der Waals surface area contributed by atoms with Crippen LogP contribution in [0.15, 0.2) is 12.1 Å². The van der Waals surface area contributed by atoms with E-state index in [2.05, 4.69) is 42.8 Å². The van der Waals surface area contributed by atoms with Gasteiger partial charge in [-0.2, -0.15) is 0 Å². The molecule has 1 aliphatic heterocycles. The van der Waals surface area contributed by atoms with Gasteiger partial charge in [-0.15, -0.1) is 0 Å². The first-order valence-electron chi connectivity index (χ1n) is 7.30. The summed E-state index contributed by atoms with van der Waals surface area (Å²) in [5.41, 5.74) is 2.65. The smallest absolute Gasteiger partial charge is 0.317 e. The average molecular weight is 263 g/mol. The van der Waals surface area contributed by atoms with Crippen LogP contribution < -0.4 is 5.32 Å². The first-order chi connectivity index (χ1) is 9.13. The summed E-state index contributed by atoms with van der Waals surface area (Å²) in [5.74, 6) is 0. The molecule has 4 heteroatoms. The summed E-state index contributed by atoms with van der Waals surface area (Å²) >= 11 is 0. The number of carbonyl (C=O) groups is 1. The Kier molecular flexibility index (Phi) is 4.51. The second-order valence-electron chi connectivity index (χ2n) is 5.44. The number of rotatable bonds is 3. The number of likely N-dealkylation sites (tertiary alicyclic amines) is 1. The van der Waals surface area contributed by atoms with Gasteiger partial charge in [-0.25, -0.2) is 4.79 Å². The number of urea groups is 1. The van der Waals surface area contributed by atoms with Crippen LogP contribution >= 0.6 is 0 Å². The second kappa shape index (κ2) is 6.13. The molecule has 4 nitrogen and oxygen atoms in total. The molecule has 2 heterocycles. The molecule has 0 aromatic carbocycles. The summed E-state index contributed by atoms with van der Waals surface area (Å²) in [6, 6.07) is 5.00. The van der Waals surface area contributed by atoms with E-state index in [9.17, 15) is 4.79 Å². The Morgan fingerprint density at radius 3 is 2.37 bits per heavy atom. The molecule has 1 aromatic rings. The summed E-state index contributed by atoms with van der Waals surface area (Å²) in [6.45, 7) is 8.88. The minimum Gasteiger partial charge on any atom is -0.346 e. The molecule has 0 spiro atoms. The maximum absolute atomic E-state index is 11.9. The van der Waals surface area contributed by atoms with Crippen molar-refractivity contribution >= 4 is 6.03 Å². The third-order valence-electron chi connectivity index (χ3n) is 3.97. The third-order valence-corrected chi connectivity index (χ3v) is 3.97. The highest BCUT2D eigenvalue weighted by molar-refractivity contribution is 5.74. The Bertz CT molecular complexity index is 411. The Hall–Kier alpha value is -1.45. The number of hydrogen-bond donors (Lipinski definition) is 1. The molecule has 0 atom stereocenters. The molecule has 0 saturated carbocycles. The van der Waals surface area contributed by atoms with Crippen LogP contribution in [0.4, 0.5) is 4.79 Å². The predicted octanol–water partition coefficient (Wildman–Crippen LogP) is 2.86. The minimum absolute atomic E-state index is 0.0984. The lowest BCUT2D eigenvalue weighted by Crippen LogP contribution is -2.45. The standard InChI is InChI=1S/C15H25N3O/c1-4-9-16-15(19)17-10-7-14(8-11-17)18-12(2)5-6-13(18)3/h5-6,14H,4,7-11H2,1-3H3,(H,16,19). The van der Waals surface area contributed by atoms with E-state index in [0.717, 1.165) is 38.9 Å². The van der Waals surface area contributed by atoms with Gasteiger partial charge in [-0.3, -0.25) is 0 Å². The third kappa shape index (κ3) is 3.11. The molecule has 1 aromatic heterocycles. The molecule has 1 aliphatic rings. The molecule has 2 rings (SSSR count). The predicted molar refractivity (Wildman–Crippen MR) is 77.4 cm³/mol. The maximum atomic E-state index is 11.9. The normalized spacial score (nSPS) is 16.7. The molecule has 0 radical (unpaired) electrons. The molecule has 1 N–H and O–H groups in total. The number of carbonyl (C=O) groups excluding carboxylic acids is 1. The zero-order valence-electron chi connectivity index (χ0n) is 12.3. The van der Waals surface area contributed by atoms with Crippen molar-refractivity contribution in [3.63, 3.8) is 0 Å². The van der Waals surface area contributed by atoms with Crippen molar-refractivity contribution in [1.82, 2.24) is 14.8 Å². The number of amides is 2. The lowest BCUT2D eigenvalue weighted by atomic mass is 10.0. The molecule has 1 saturated heterocycles. The fourth-order valence-electron chi connectivity index (χ4n) is 2.93. The molecular weight excluding hydrogens is 238 g/mol. The van der Waals surface area contributed by atoms with E-state index in [1.807, 2.05) is 4.90 Å². The van der Waals surface area contributed by atoms with Crippen molar-refractivity contribution in [2.45, 2.75) is 46.1 Å². The van der Waals surface area contributed by atoms with E-state index < -0.39 is 0 Å². The van der Waals surface area contributed by atoms with E-state index >= 15 is 0 Å². The van der Waals surface area contributed by atoms with Gasteiger partial charge in [0.1, 0.15) is 0 Å². The Morgan fingerprint density at radius 2 is 1.84 bits per heavy atom. The minimum atomic E-state index is 0.0984. The van der Waals surface area contributed by atoms with Gasteiger partial charge in [0.05, 0.1) is 0 Å². The van der Waals surface area contributed by atoms with Gasteiger partial charge in [0.25, 0.3) is 0 Å². The molecule has 0 unspecified atom stereocenters. The summed E-state index contributed by atoms with van der Waals surface area (Å²) in [6.07, 6.45) is 3.09. The fraction of sp³-hybridized carbons (Fsp3) is 0.667. The summed E-state index contributed by atoms with van der Waals surface area (Å²) < 4.78 is 2.42. The topological polar surface area (TPSA) is 37.3 Å². The summed E-state index contributed by atoms with van der Waals surface area (Å²) in [7, 11) is 0. The van der Waals surface area contributed by atoms with E-state index in [-0.39, 0.29) is 6.03 Å². The number of nitrogens with zero attached hydrogens (tertiary/aromatic N) is 2. The van der Waals surface area contributed by atoms with Crippen molar-refractivity contribution in [3.8, 4) is 0 Å².